The van der Waals surface area contributed by atoms with Gasteiger partial charge in [-0.1, -0.05) is 0 Å². The molecule has 2 atom stereocenters. The lowest BCUT2D eigenvalue weighted by atomic mass is 10.3. The topological polar surface area (TPSA) is 128 Å². The first-order valence-electron chi connectivity index (χ1n) is 5.11. The SMILES string of the molecule is CCNC(=O)C(C)NC(=O)NCC(O)C(=O)O. The fraction of sp³-hybridized carbons (Fsp3) is 0.667. The monoisotopic (exact) mass is 247 g/mol. The maximum Gasteiger partial charge on any atom is 0.334 e. The smallest absolute Gasteiger partial charge is 0.334 e. The average Bonchev–Trinajstić information content (AvgIpc) is 2.25. The molecule has 0 spiro atoms. The minimum Gasteiger partial charge on any atom is -0.479 e. The Bertz CT molecular complexity index is 294. The number of hydrogen-bond donors (Lipinski definition) is 5. The van der Waals surface area contributed by atoms with Crippen LogP contribution in [0.5, 0.6) is 0 Å². The summed E-state index contributed by atoms with van der Waals surface area (Å²) in [5.41, 5.74) is 0. The number of aliphatic carboxylic acids is 1. The largest absolute Gasteiger partial charge is 0.479 e. The summed E-state index contributed by atoms with van der Waals surface area (Å²) in [5, 5.41) is 24.2. The van der Waals surface area contributed by atoms with Gasteiger partial charge >= 0.3 is 12.0 Å². The molecular weight excluding hydrogens is 230 g/mol. The van der Waals surface area contributed by atoms with Gasteiger partial charge in [-0.2, -0.15) is 0 Å². The van der Waals surface area contributed by atoms with Crippen molar-refractivity contribution in [3.8, 4) is 0 Å². The van der Waals surface area contributed by atoms with E-state index >= 15 is 0 Å². The Labute approximate surface area is 98.4 Å². The van der Waals surface area contributed by atoms with Crippen molar-refractivity contribution in [1.29, 1.82) is 0 Å². The average molecular weight is 247 g/mol. The number of hydrogen-bond acceptors (Lipinski definition) is 4. The van der Waals surface area contributed by atoms with E-state index in [9.17, 15) is 14.4 Å². The van der Waals surface area contributed by atoms with Crippen LogP contribution >= 0.6 is 0 Å². The van der Waals surface area contributed by atoms with Crippen molar-refractivity contribution in [1.82, 2.24) is 16.0 Å². The predicted octanol–water partition coefficient (Wildman–Crippen LogP) is -1.74. The van der Waals surface area contributed by atoms with Crippen LogP contribution in [0, 0.1) is 0 Å². The molecule has 8 nitrogen and oxygen atoms in total. The summed E-state index contributed by atoms with van der Waals surface area (Å²) in [6, 6.07) is -1.46. The standard InChI is InChI=1S/C9H17N3O5/c1-3-10-7(14)5(2)12-9(17)11-4-6(13)8(15)16/h5-6,13H,3-4H2,1-2H3,(H,10,14)(H,15,16)(H2,11,12,17). The first-order chi connectivity index (χ1) is 7.88. The molecule has 0 radical (unpaired) electrons. The van der Waals surface area contributed by atoms with Crippen LogP contribution in [-0.2, 0) is 9.59 Å². The summed E-state index contributed by atoms with van der Waals surface area (Å²) in [6.07, 6.45) is -1.67. The Morgan fingerprint density at radius 3 is 2.29 bits per heavy atom. The summed E-state index contributed by atoms with van der Waals surface area (Å²) >= 11 is 0. The molecule has 0 saturated heterocycles. The van der Waals surface area contributed by atoms with Crippen LogP contribution in [0.3, 0.4) is 0 Å². The van der Waals surface area contributed by atoms with Crippen LogP contribution in [0.2, 0.25) is 0 Å². The van der Waals surface area contributed by atoms with E-state index in [1.165, 1.54) is 6.92 Å². The lowest BCUT2D eigenvalue weighted by Gasteiger charge is -2.14. The fourth-order valence-corrected chi connectivity index (χ4v) is 0.917. The molecular formula is C9H17N3O5. The molecule has 0 saturated carbocycles. The van der Waals surface area contributed by atoms with E-state index in [1.54, 1.807) is 6.92 Å². The van der Waals surface area contributed by atoms with Crippen molar-refractivity contribution in [2.45, 2.75) is 26.0 Å². The summed E-state index contributed by atoms with van der Waals surface area (Å²) in [7, 11) is 0. The Morgan fingerprint density at radius 2 is 1.82 bits per heavy atom. The van der Waals surface area contributed by atoms with Crippen molar-refractivity contribution in [3.05, 3.63) is 0 Å². The van der Waals surface area contributed by atoms with Crippen molar-refractivity contribution in [2.24, 2.45) is 0 Å². The molecule has 2 unspecified atom stereocenters. The summed E-state index contributed by atoms with van der Waals surface area (Å²) in [5.74, 6) is -1.77. The van der Waals surface area contributed by atoms with Crippen LogP contribution in [0.4, 0.5) is 4.79 Å². The number of amides is 3. The summed E-state index contributed by atoms with van der Waals surface area (Å²) in [4.78, 5) is 32.7. The molecule has 0 aromatic rings. The van der Waals surface area contributed by atoms with Gasteiger partial charge in [-0.15, -0.1) is 0 Å². The molecule has 8 heteroatoms. The van der Waals surface area contributed by atoms with E-state index in [0.29, 0.717) is 6.54 Å². The zero-order valence-corrected chi connectivity index (χ0v) is 9.69. The second-order valence-corrected chi connectivity index (χ2v) is 3.32. The highest BCUT2D eigenvalue weighted by Gasteiger charge is 2.17. The predicted molar refractivity (Wildman–Crippen MR) is 58.3 cm³/mol. The third-order valence-corrected chi connectivity index (χ3v) is 1.83. The van der Waals surface area contributed by atoms with E-state index in [4.69, 9.17) is 10.2 Å². The quantitative estimate of drug-likeness (QED) is 0.380. The number of rotatable bonds is 6. The number of urea groups is 1. The highest BCUT2D eigenvalue weighted by Crippen LogP contribution is 1.83. The molecule has 0 bridgehead atoms. The zero-order valence-electron chi connectivity index (χ0n) is 9.69. The van der Waals surface area contributed by atoms with Gasteiger partial charge in [0.05, 0.1) is 6.54 Å². The number of carboxylic acid groups (broad SMARTS) is 1. The number of aliphatic hydroxyl groups is 1. The van der Waals surface area contributed by atoms with Gasteiger partial charge in [0.1, 0.15) is 6.04 Å². The number of nitrogens with one attached hydrogen (secondary N) is 3. The maximum atomic E-state index is 11.2. The van der Waals surface area contributed by atoms with Gasteiger partial charge in [-0.25, -0.2) is 9.59 Å². The van der Waals surface area contributed by atoms with Crippen molar-refractivity contribution < 1.29 is 24.6 Å². The number of aliphatic hydroxyl groups excluding tert-OH is 1. The lowest BCUT2D eigenvalue weighted by Crippen LogP contribution is -2.50. The summed E-state index contributed by atoms with van der Waals surface area (Å²) < 4.78 is 0. The van der Waals surface area contributed by atoms with Crippen LogP contribution in [0.25, 0.3) is 0 Å². The molecule has 98 valence electrons. The first kappa shape index (κ1) is 15.2. The van der Waals surface area contributed by atoms with Gasteiger partial charge in [-0.05, 0) is 13.8 Å². The molecule has 0 heterocycles. The lowest BCUT2D eigenvalue weighted by molar-refractivity contribution is -0.146. The van der Waals surface area contributed by atoms with Gasteiger partial charge in [0.15, 0.2) is 6.10 Å². The second-order valence-electron chi connectivity index (χ2n) is 3.32. The van der Waals surface area contributed by atoms with E-state index < -0.39 is 30.7 Å². The zero-order chi connectivity index (χ0) is 13.4. The molecule has 0 rings (SSSR count). The normalized spacial score (nSPS) is 13.4. The van der Waals surface area contributed by atoms with Crippen LogP contribution < -0.4 is 16.0 Å². The highest BCUT2D eigenvalue weighted by atomic mass is 16.4. The summed E-state index contributed by atoms with van der Waals surface area (Å²) in [6.45, 7) is 3.25. The van der Waals surface area contributed by atoms with Crippen molar-refractivity contribution in [3.63, 3.8) is 0 Å². The van der Waals surface area contributed by atoms with Crippen LogP contribution in [0.1, 0.15) is 13.8 Å². The van der Waals surface area contributed by atoms with Gasteiger partial charge < -0.3 is 26.2 Å². The van der Waals surface area contributed by atoms with Crippen LogP contribution in [0.15, 0.2) is 0 Å². The van der Waals surface area contributed by atoms with Gasteiger partial charge in [0.2, 0.25) is 5.91 Å². The molecule has 0 aromatic heterocycles. The van der Waals surface area contributed by atoms with Gasteiger partial charge in [0, 0.05) is 6.54 Å². The van der Waals surface area contributed by atoms with E-state index in [1.807, 2.05) is 0 Å². The minimum absolute atomic E-state index is 0.346. The molecule has 0 aliphatic heterocycles. The second kappa shape index (κ2) is 7.44. The number of likely N-dealkylation sites (N-methyl/N-ethyl adjacent to an activating group) is 1. The molecule has 0 aliphatic rings. The highest BCUT2D eigenvalue weighted by molar-refractivity contribution is 5.86. The van der Waals surface area contributed by atoms with Crippen molar-refractivity contribution >= 4 is 17.9 Å². The Kier molecular flexibility index (Phi) is 6.64. The Morgan fingerprint density at radius 1 is 1.24 bits per heavy atom. The number of carbonyl (C=O) groups excluding carboxylic acids is 2. The molecule has 5 N–H and O–H groups in total. The van der Waals surface area contributed by atoms with E-state index in [-0.39, 0.29) is 5.91 Å². The Balaban J connectivity index is 3.93. The van der Waals surface area contributed by atoms with Crippen LogP contribution in [-0.4, -0.2) is 53.4 Å². The van der Waals surface area contributed by atoms with Gasteiger partial charge in [0.25, 0.3) is 0 Å². The van der Waals surface area contributed by atoms with Crippen molar-refractivity contribution in [2.75, 3.05) is 13.1 Å². The number of carbonyl (C=O) groups is 3. The molecule has 3 amide bonds. The third-order valence-electron chi connectivity index (χ3n) is 1.83. The van der Waals surface area contributed by atoms with E-state index in [2.05, 4.69) is 16.0 Å². The molecule has 17 heavy (non-hydrogen) atoms. The van der Waals surface area contributed by atoms with Gasteiger partial charge in [-0.3, -0.25) is 4.79 Å². The number of carboxylic acids is 1. The fourth-order valence-electron chi connectivity index (χ4n) is 0.917. The first-order valence-corrected chi connectivity index (χ1v) is 5.11. The molecule has 0 aliphatic carbocycles. The Hall–Kier alpha value is -1.83. The molecule has 0 aromatic carbocycles. The minimum atomic E-state index is -1.67. The third kappa shape index (κ3) is 6.36. The molecule has 0 fully saturated rings. The van der Waals surface area contributed by atoms with E-state index in [0.717, 1.165) is 0 Å². The maximum absolute atomic E-state index is 11.2.